The van der Waals surface area contributed by atoms with Gasteiger partial charge in [-0.05, 0) is 68.3 Å². The number of aryl methyl sites for hydroxylation is 1. The topological polar surface area (TPSA) is 50.4 Å². The Kier molecular flexibility index (Phi) is 6.27. The number of carbonyl (C=O) groups excluding carboxylic acids is 1. The van der Waals surface area contributed by atoms with Gasteiger partial charge in [0, 0.05) is 6.54 Å². The molecule has 0 spiro atoms. The molecule has 1 fully saturated rings. The Bertz CT molecular complexity index is 563. The zero-order valence-electron chi connectivity index (χ0n) is 15.7. The van der Waals surface area contributed by atoms with E-state index in [1.807, 2.05) is 13.8 Å². The number of amides is 1. The predicted octanol–water partition coefficient (Wildman–Crippen LogP) is 3.39. The number of benzene rings is 1. The van der Waals surface area contributed by atoms with E-state index < -0.39 is 6.10 Å². The minimum atomic E-state index is -0.489. The summed E-state index contributed by atoms with van der Waals surface area (Å²) < 4.78 is 5.95. The Morgan fingerprint density at radius 3 is 2.58 bits per heavy atom. The first-order valence-corrected chi connectivity index (χ1v) is 9.06. The van der Waals surface area contributed by atoms with Gasteiger partial charge in [0.1, 0.15) is 5.75 Å². The molecule has 1 heterocycles. The summed E-state index contributed by atoms with van der Waals surface area (Å²) in [6.07, 6.45) is 1.70. The number of nitrogens with one attached hydrogen (secondary N) is 2. The van der Waals surface area contributed by atoms with Crippen LogP contribution in [0.15, 0.2) is 18.2 Å². The van der Waals surface area contributed by atoms with Crippen molar-refractivity contribution in [1.82, 2.24) is 10.6 Å². The summed E-state index contributed by atoms with van der Waals surface area (Å²) >= 11 is 0. The van der Waals surface area contributed by atoms with Gasteiger partial charge in [0.05, 0.1) is 0 Å². The molecule has 0 bridgehead atoms. The van der Waals surface area contributed by atoms with E-state index in [1.165, 1.54) is 5.56 Å². The molecule has 4 heteroatoms. The largest absolute Gasteiger partial charge is 0.481 e. The van der Waals surface area contributed by atoms with Gasteiger partial charge >= 0.3 is 0 Å². The van der Waals surface area contributed by atoms with Crippen molar-refractivity contribution in [2.24, 2.45) is 5.41 Å². The summed E-state index contributed by atoms with van der Waals surface area (Å²) in [5.74, 6) is 1.21. The van der Waals surface area contributed by atoms with Crippen molar-refractivity contribution in [2.75, 3.05) is 19.6 Å². The van der Waals surface area contributed by atoms with Gasteiger partial charge < -0.3 is 15.4 Å². The lowest BCUT2D eigenvalue weighted by Crippen LogP contribution is -2.45. The predicted molar refractivity (Wildman–Crippen MR) is 98.6 cm³/mol. The van der Waals surface area contributed by atoms with Crippen LogP contribution in [-0.2, 0) is 4.79 Å². The highest BCUT2D eigenvalue weighted by atomic mass is 16.5. The van der Waals surface area contributed by atoms with Gasteiger partial charge in [-0.25, -0.2) is 0 Å². The van der Waals surface area contributed by atoms with Gasteiger partial charge in [0.25, 0.3) is 5.91 Å². The summed E-state index contributed by atoms with van der Waals surface area (Å²) in [6.45, 7) is 13.2. The Morgan fingerprint density at radius 2 is 1.96 bits per heavy atom. The first-order chi connectivity index (χ1) is 11.3. The number of hydrogen-bond acceptors (Lipinski definition) is 3. The molecule has 1 aliphatic heterocycles. The van der Waals surface area contributed by atoms with Crippen molar-refractivity contribution < 1.29 is 9.53 Å². The van der Waals surface area contributed by atoms with Gasteiger partial charge in [-0.1, -0.05) is 32.9 Å². The highest BCUT2D eigenvalue weighted by Gasteiger charge is 2.28. The van der Waals surface area contributed by atoms with E-state index in [9.17, 15) is 4.79 Å². The SMILES string of the molecule is Cc1ccc(C(C)C)cc1OC(C)C(=O)NCC1(C)CCNCC1. The third kappa shape index (κ3) is 4.97. The van der Waals surface area contributed by atoms with Crippen molar-refractivity contribution >= 4 is 5.91 Å². The molecule has 2 rings (SSSR count). The molecule has 2 N–H and O–H groups in total. The maximum Gasteiger partial charge on any atom is 0.260 e. The minimum Gasteiger partial charge on any atom is -0.481 e. The molecule has 1 atom stereocenters. The van der Waals surface area contributed by atoms with Crippen LogP contribution in [0.1, 0.15) is 57.6 Å². The molecular formula is C20H32N2O2. The molecule has 1 amide bonds. The van der Waals surface area contributed by atoms with Crippen LogP contribution in [0.5, 0.6) is 5.75 Å². The summed E-state index contributed by atoms with van der Waals surface area (Å²) in [5, 5.41) is 6.44. The smallest absolute Gasteiger partial charge is 0.260 e. The summed E-state index contributed by atoms with van der Waals surface area (Å²) in [4.78, 5) is 12.4. The lowest BCUT2D eigenvalue weighted by atomic mass is 9.81. The van der Waals surface area contributed by atoms with Crippen LogP contribution in [0.25, 0.3) is 0 Å². The van der Waals surface area contributed by atoms with Crippen LogP contribution in [0.4, 0.5) is 0 Å². The van der Waals surface area contributed by atoms with Gasteiger partial charge in [-0.2, -0.15) is 0 Å². The minimum absolute atomic E-state index is 0.0379. The molecule has 134 valence electrons. The zero-order chi connectivity index (χ0) is 17.7. The molecular weight excluding hydrogens is 300 g/mol. The fourth-order valence-corrected chi connectivity index (χ4v) is 3.00. The first kappa shape index (κ1) is 18.8. The maximum atomic E-state index is 12.4. The average Bonchev–Trinajstić information content (AvgIpc) is 2.55. The highest BCUT2D eigenvalue weighted by molar-refractivity contribution is 5.80. The van der Waals surface area contributed by atoms with Gasteiger partial charge in [-0.3, -0.25) is 4.79 Å². The van der Waals surface area contributed by atoms with Gasteiger partial charge in [0.2, 0.25) is 0 Å². The van der Waals surface area contributed by atoms with Crippen LogP contribution in [-0.4, -0.2) is 31.6 Å². The fraction of sp³-hybridized carbons (Fsp3) is 0.650. The Hall–Kier alpha value is -1.55. The van der Waals surface area contributed by atoms with Crippen LogP contribution in [0.2, 0.25) is 0 Å². The lowest BCUT2D eigenvalue weighted by molar-refractivity contribution is -0.127. The molecule has 4 nitrogen and oxygen atoms in total. The maximum absolute atomic E-state index is 12.4. The van der Waals surface area contributed by atoms with E-state index in [0.29, 0.717) is 12.5 Å². The van der Waals surface area contributed by atoms with Crippen LogP contribution in [0, 0.1) is 12.3 Å². The van der Waals surface area contributed by atoms with Gasteiger partial charge in [-0.15, -0.1) is 0 Å². The summed E-state index contributed by atoms with van der Waals surface area (Å²) in [7, 11) is 0. The molecule has 1 aromatic rings. The monoisotopic (exact) mass is 332 g/mol. The standard InChI is InChI=1S/C20H32N2O2/c1-14(2)17-7-6-15(3)18(12-17)24-16(4)19(23)22-13-20(5)8-10-21-11-9-20/h6-7,12,14,16,21H,8-11,13H2,1-5H3,(H,22,23). The first-order valence-electron chi connectivity index (χ1n) is 9.06. The average molecular weight is 332 g/mol. The molecule has 1 saturated heterocycles. The zero-order valence-corrected chi connectivity index (χ0v) is 15.7. The van der Waals surface area contributed by atoms with Crippen molar-refractivity contribution in [3.63, 3.8) is 0 Å². The van der Waals surface area contributed by atoms with Crippen molar-refractivity contribution in [1.29, 1.82) is 0 Å². The van der Waals surface area contributed by atoms with E-state index in [0.717, 1.165) is 37.2 Å². The lowest BCUT2D eigenvalue weighted by Gasteiger charge is -2.34. The number of piperidine rings is 1. The van der Waals surface area contributed by atoms with Crippen molar-refractivity contribution in [3.8, 4) is 5.75 Å². The molecule has 1 aromatic carbocycles. The fourth-order valence-electron chi connectivity index (χ4n) is 3.00. The molecule has 1 aliphatic rings. The van der Waals surface area contributed by atoms with Crippen LogP contribution >= 0.6 is 0 Å². The molecule has 0 aliphatic carbocycles. The second-order valence-corrected chi connectivity index (χ2v) is 7.72. The number of carbonyl (C=O) groups is 1. The molecule has 0 aromatic heterocycles. The molecule has 1 unspecified atom stereocenters. The Morgan fingerprint density at radius 1 is 1.29 bits per heavy atom. The van der Waals surface area contributed by atoms with E-state index in [-0.39, 0.29) is 11.3 Å². The Balaban J connectivity index is 1.92. The van der Waals surface area contributed by atoms with Crippen molar-refractivity contribution in [2.45, 2.75) is 59.5 Å². The van der Waals surface area contributed by atoms with Crippen LogP contribution < -0.4 is 15.4 Å². The second-order valence-electron chi connectivity index (χ2n) is 7.72. The number of ether oxygens (including phenoxy) is 1. The van der Waals surface area contributed by atoms with E-state index in [1.54, 1.807) is 0 Å². The molecule has 0 radical (unpaired) electrons. The van der Waals surface area contributed by atoms with Crippen LogP contribution in [0.3, 0.4) is 0 Å². The summed E-state index contributed by atoms with van der Waals surface area (Å²) in [5.41, 5.74) is 2.48. The van der Waals surface area contributed by atoms with E-state index in [2.05, 4.69) is 49.6 Å². The quantitative estimate of drug-likeness (QED) is 0.839. The number of rotatable bonds is 6. The third-order valence-electron chi connectivity index (χ3n) is 5.05. The third-order valence-corrected chi connectivity index (χ3v) is 5.05. The van der Waals surface area contributed by atoms with Gasteiger partial charge in [0.15, 0.2) is 6.10 Å². The molecule has 0 saturated carbocycles. The molecule has 24 heavy (non-hydrogen) atoms. The van der Waals surface area contributed by atoms with E-state index in [4.69, 9.17) is 4.74 Å². The summed E-state index contributed by atoms with van der Waals surface area (Å²) in [6, 6.07) is 6.23. The normalized spacial score (nSPS) is 18.2. The highest BCUT2D eigenvalue weighted by Crippen LogP contribution is 2.27. The van der Waals surface area contributed by atoms with Crippen molar-refractivity contribution in [3.05, 3.63) is 29.3 Å². The van der Waals surface area contributed by atoms with E-state index >= 15 is 0 Å². The second kappa shape index (κ2) is 8.02. The Labute approximate surface area is 146 Å². The number of hydrogen-bond donors (Lipinski definition) is 2.